The summed E-state index contributed by atoms with van der Waals surface area (Å²) < 4.78 is 1.74. The van der Waals surface area contributed by atoms with Crippen molar-refractivity contribution in [3.8, 4) is 11.3 Å². The van der Waals surface area contributed by atoms with Gasteiger partial charge in [-0.25, -0.2) is 0 Å². The van der Waals surface area contributed by atoms with Crippen molar-refractivity contribution >= 4 is 23.1 Å². The van der Waals surface area contributed by atoms with E-state index in [1.165, 1.54) is 11.1 Å². The number of aryl methyl sites for hydroxylation is 2. The third-order valence-electron chi connectivity index (χ3n) is 5.09. The number of carbonyl (C=O) groups is 1. The average Bonchev–Trinajstić information content (AvgIpc) is 3.14. The van der Waals surface area contributed by atoms with Crippen LogP contribution in [-0.2, 0) is 7.05 Å². The summed E-state index contributed by atoms with van der Waals surface area (Å²) in [6.45, 7) is 4.78. The third kappa shape index (κ3) is 5.39. The van der Waals surface area contributed by atoms with Crippen molar-refractivity contribution in [2.24, 2.45) is 7.05 Å². The molecule has 0 aliphatic heterocycles. The SMILES string of the molecule is CCC/C=C(/CCNC(=O)c1cc(-c2ccccc2)n(C)n1)c1cc(Cl)ccc1C. The fourth-order valence-electron chi connectivity index (χ4n) is 3.46. The first-order valence-corrected chi connectivity index (χ1v) is 10.7. The molecule has 3 rings (SSSR count). The lowest BCUT2D eigenvalue weighted by atomic mass is 9.96. The van der Waals surface area contributed by atoms with Crippen LogP contribution in [0.15, 0.2) is 60.7 Å². The highest BCUT2D eigenvalue weighted by atomic mass is 35.5. The highest BCUT2D eigenvalue weighted by Gasteiger charge is 2.14. The quantitative estimate of drug-likeness (QED) is 0.481. The summed E-state index contributed by atoms with van der Waals surface area (Å²) in [5.41, 5.74) is 5.92. The van der Waals surface area contributed by atoms with Crippen molar-refractivity contribution in [1.29, 1.82) is 0 Å². The second-order valence-electron chi connectivity index (χ2n) is 7.39. The van der Waals surface area contributed by atoms with E-state index in [2.05, 4.69) is 30.3 Å². The number of benzene rings is 2. The van der Waals surface area contributed by atoms with Crippen LogP contribution in [0.4, 0.5) is 0 Å². The van der Waals surface area contributed by atoms with Gasteiger partial charge in [-0.1, -0.05) is 67.4 Å². The molecule has 0 fully saturated rings. The molecule has 5 heteroatoms. The number of carbonyl (C=O) groups excluding carboxylic acids is 1. The summed E-state index contributed by atoms with van der Waals surface area (Å²) in [6.07, 6.45) is 5.06. The molecule has 3 aromatic rings. The predicted molar refractivity (Wildman–Crippen MR) is 125 cm³/mol. The topological polar surface area (TPSA) is 46.9 Å². The maximum Gasteiger partial charge on any atom is 0.271 e. The monoisotopic (exact) mass is 421 g/mol. The van der Waals surface area contributed by atoms with Gasteiger partial charge in [0.05, 0.1) is 5.69 Å². The van der Waals surface area contributed by atoms with Gasteiger partial charge < -0.3 is 5.32 Å². The molecule has 0 aliphatic carbocycles. The number of amides is 1. The van der Waals surface area contributed by atoms with Crippen molar-refractivity contribution < 1.29 is 4.79 Å². The maximum atomic E-state index is 12.7. The van der Waals surface area contributed by atoms with Gasteiger partial charge in [-0.05, 0) is 60.2 Å². The van der Waals surface area contributed by atoms with Crippen LogP contribution in [0.1, 0.15) is 47.8 Å². The second kappa shape index (κ2) is 10.3. The highest BCUT2D eigenvalue weighted by molar-refractivity contribution is 6.30. The number of allylic oxidation sites excluding steroid dienone is 1. The zero-order chi connectivity index (χ0) is 21.5. The van der Waals surface area contributed by atoms with Crippen LogP contribution >= 0.6 is 11.6 Å². The molecule has 0 radical (unpaired) electrons. The number of unbranched alkanes of at least 4 members (excludes halogenated alkanes) is 1. The minimum atomic E-state index is -0.162. The first-order chi connectivity index (χ1) is 14.5. The third-order valence-corrected chi connectivity index (χ3v) is 5.32. The van der Waals surface area contributed by atoms with Gasteiger partial charge in [0, 0.05) is 18.6 Å². The van der Waals surface area contributed by atoms with Crippen molar-refractivity contribution in [1.82, 2.24) is 15.1 Å². The molecule has 0 spiro atoms. The molecule has 1 aromatic heterocycles. The Kier molecular flexibility index (Phi) is 7.47. The molecule has 1 amide bonds. The van der Waals surface area contributed by atoms with E-state index in [1.54, 1.807) is 4.68 Å². The molecule has 0 saturated carbocycles. The highest BCUT2D eigenvalue weighted by Crippen LogP contribution is 2.26. The van der Waals surface area contributed by atoms with E-state index >= 15 is 0 Å². The lowest BCUT2D eigenvalue weighted by molar-refractivity contribution is 0.0949. The molecule has 2 aromatic carbocycles. The Labute approximate surface area is 183 Å². The molecule has 0 bridgehead atoms. The van der Waals surface area contributed by atoms with Gasteiger partial charge >= 0.3 is 0 Å². The lowest BCUT2D eigenvalue weighted by Gasteiger charge is -2.12. The van der Waals surface area contributed by atoms with Gasteiger partial charge in [0.15, 0.2) is 5.69 Å². The lowest BCUT2D eigenvalue weighted by Crippen LogP contribution is -2.25. The first-order valence-electron chi connectivity index (χ1n) is 10.3. The van der Waals surface area contributed by atoms with Crippen LogP contribution in [0.5, 0.6) is 0 Å². The van der Waals surface area contributed by atoms with Gasteiger partial charge in [0.25, 0.3) is 5.91 Å². The zero-order valence-electron chi connectivity index (χ0n) is 17.8. The minimum Gasteiger partial charge on any atom is -0.350 e. The molecule has 156 valence electrons. The Hall–Kier alpha value is -2.85. The van der Waals surface area contributed by atoms with Crippen LogP contribution in [-0.4, -0.2) is 22.2 Å². The van der Waals surface area contributed by atoms with Crippen molar-refractivity contribution in [3.05, 3.63) is 82.5 Å². The Bertz CT molecular complexity index is 1040. The molecule has 1 N–H and O–H groups in total. The van der Waals surface area contributed by atoms with E-state index in [9.17, 15) is 4.79 Å². The molecule has 30 heavy (non-hydrogen) atoms. The summed E-state index contributed by atoms with van der Waals surface area (Å²) in [7, 11) is 1.85. The standard InChI is InChI=1S/C25H28ClN3O/c1-4-5-9-19(22-16-21(26)13-12-18(22)2)14-15-27-25(30)23-17-24(29(3)28-23)20-10-7-6-8-11-20/h6-13,16-17H,4-5,14-15H2,1-3H3,(H,27,30)/b19-9-. The smallest absolute Gasteiger partial charge is 0.271 e. The number of hydrogen-bond donors (Lipinski definition) is 1. The Morgan fingerprint density at radius 2 is 1.93 bits per heavy atom. The molecular formula is C25H28ClN3O. The van der Waals surface area contributed by atoms with E-state index in [1.807, 2.05) is 61.6 Å². The summed E-state index contributed by atoms with van der Waals surface area (Å²) >= 11 is 6.22. The molecule has 0 saturated heterocycles. The van der Waals surface area contributed by atoms with Crippen LogP contribution < -0.4 is 5.32 Å². The van der Waals surface area contributed by atoms with Crippen LogP contribution in [0.2, 0.25) is 5.02 Å². The Morgan fingerprint density at radius 3 is 2.67 bits per heavy atom. The number of halogens is 1. The summed E-state index contributed by atoms with van der Waals surface area (Å²) in [5.74, 6) is -0.162. The van der Waals surface area contributed by atoms with E-state index in [0.29, 0.717) is 12.2 Å². The van der Waals surface area contributed by atoms with Gasteiger partial charge in [-0.2, -0.15) is 5.10 Å². The summed E-state index contributed by atoms with van der Waals surface area (Å²) in [4.78, 5) is 12.7. The van der Waals surface area contributed by atoms with Crippen LogP contribution in [0.25, 0.3) is 16.8 Å². The summed E-state index contributed by atoms with van der Waals surface area (Å²) in [6, 6.07) is 17.7. The first kappa shape index (κ1) is 21.8. The van der Waals surface area contributed by atoms with Gasteiger partial charge in [0.1, 0.15) is 0 Å². The molecular weight excluding hydrogens is 394 g/mol. The summed E-state index contributed by atoms with van der Waals surface area (Å²) in [5, 5.41) is 8.13. The number of hydrogen-bond acceptors (Lipinski definition) is 2. The molecule has 0 unspecified atom stereocenters. The van der Waals surface area contributed by atoms with Crippen molar-refractivity contribution in [3.63, 3.8) is 0 Å². The number of rotatable bonds is 8. The largest absolute Gasteiger partial charge is 0.350 e. The van der Waals surface area contributed by atoms with Crippen LogP contribution in [0, 0.1) is 6.92 Å². The normalized spacial score (nSPS) is 11.5. The minimum absolute atomic E-state index is 0.162. The molecule has 1 heterocycles. The fraction of sp³-hybridized carbons (Fsp3) is 0.280. The molecule has 4 nitrogen and oxygen atoms in total. The number of nitrogens with zero attached hydrogens (tertiary/aromatic N) is 2. The van der Waals surface area contributed by atoms with Crippen LogP contribution in [0.3, 0.4) is 0 Å². The second-order valence-corrected chi connectivity index (χ2v) is 7.82. The Morgan fingerprint density at radius 1 is 1.17 bits per heavy atom. The van der Waals surface area contributed by atoms with E-state index < -0.39 is 0 Å². The maximum absolute atomic E-state index is 12.7. The number of nitrogens with one attached hydrogen (secondary N) is 1. The average molecular weight is 422 g/mol. The Balaban J connectivity index is 1.68. The molecule has 0 aliphatic rings. The molecule has 0 atom stereocenters. The number of aromatic nitrogens is 2. The van der Waals surface area contributed by atoms with Crippen molar-refractivity contribution in [2.75, 3.05) is 6.54 Å². The van der Waals surface area contributed by atoms with Gasteiger partial charge in [0.2, 0.25) is 0 Å². The fourth-order valence-corrected chi connectivity index (χ4v) is 3.64. The predicted octanol–water partition coefficient (Wildman–Crippen LogP) is 6.05. The zero-order valence-corrected chi connectivity index (χ0v) is 18.5. The van der Waals surface area contributed by atoms with E-state index in [-0.39, 0.29) is 5.91 Å². The van der Waals surface area contributed by atoms with Gasteiger partial charge in [-0.15, -0.1) is 0 Å². The van der Waals surface area contributed by atoms with Gasteiger partial charge in [-0.3, -0.25) is 9.48 Å². The van der Waals surface area contributed by atoms with E-state index in [0.717, 1.165) is 41.1 Å². The van der Waals surface area contributed by atoms with E-state index in [4.69, 9.17) is 11.6 Å². The van der Waals surface area contributed by atoms with Crippen molar-refractivity contribution in [2.45, 2.75) is 33.1 Å².